The Labute approximate surface area is 165 Å². The molecule has 0 unspecified atom stereocenters. The number of carbonyl (C=O) groups excluding carboxylic acids is 2. The average Bonchev–Trinajstić information content (AvgIpc) is 3.56. The highest BCUT2D eigenvalue weighted by Gasteiger charge is 2.36. The second-order valence-corrected chi connectivity index (χ2v) is 8.89. The first-order chi connectivity index (χ1) is 13.1. The maximum Gasteiger partial charge on any atom is 0.348 e. The van der Waals surface area contributed by atoms with E-state index in [1.165, 1.54) is 48.8 Å². The fraction of sp³-hybridized carbons (Fsp3) is 0.556. The third-order valence-electron chi connectivity index (χ3n) is 4.52. The number of aromatic nitrogens is 3. The zero-order valence-electron chi connectivity index (χ0n) is 15.4. The van der Waals surface area contributed by atoms with Crippen LogP contribution in [-0.2, 0) is 9.53 Å². The summed E-state index contributed by atoms with van der Waals surface area (Å²) in [6.45, 7) is 3.94. The lowest BCUT2D eigenvalue weighted by molar-refractivity contribution is -0.113. The Bertz CT molecular complexity index is 868. The molecule has 2 aromatic rings. The quantitative estimate of drug-likeness (QED) is 0.530. The van der Waals surface area contributed by atoms with E-state index in [-0.39, 0.29) is 17.6 Å². The van der Waals surface area contributed by atoms with Crippen LogP contribution in [0.1, 0.15) is 65.6 Å². The van der Waals surface area contributed by atoms with Crippen LogP contribution in [0.5, 0.6) is 0 Å². The number of thioether (sulfide) groups is 1. The fourth-order valence-electron chi connectivity index (χ4n) is 2.93. The first-order valence-electron chi connectivity index (χ1n) is 9.21. The summed E-state index contributed by atoms with van der Waals surface area (Å²) in [5, 5.41) is 13.0. The number of amides is 1. The van der Waals surface area contributed by atoms with E-state index < -0.39 is 0 Å². The summed E-state index contributed by atoms with van der Waals surface area (Å²) >= 11 is 2.67. The van der Waals surface area contributed by atoms with E-state index in [0.717, 1.165) is 16.5 Å². The number of hydrogen-bond donors (Lipinski definition) is 1. The normalized spacial score (nSPS) is 16.4. The van der Waals surface area contributed by atoms with E-state index in [4.69, 9.17) is 4.74 Å². The van der Waals surface area contributed by atoms with Gasteiger partial charge in [-0.1, -0.05) is 11.8 Å². The molecule has 4 rings (SSSR count). The highest BCUT2D eigenvalue weighted by atomic mass is 32.2. The summed E-state index contributed by atoms with van der Waals surface area (Å²) in [5.74, 6) is 1.45. The number of anilines is 1. The fourth-order valence-corrected chi connectivity index (χ4v) is 4.72. The average molecular weight is 407 g/mol. The summed E-state index contributed by atoms with van der Waals surface area (Å²) in [7, 11) is 0. The van der Waals surface area contributed by atoms with Crippen molar-refractivity contribution in [1.29, 1.82) is 0 Å². The van der Waals surface area contributed by atoms with E-state index in [1.807, 2.05) is 6.92 Å². The molecule has 0 spiro atoms. The number of nitrogens with one attached hydrogen (secondary N) is 1. The molecule has 2 aromatic heterocycles. The van der Waals surface area contributed by atoms with Gasteiger partial charge >= 0.3 is 5.97 Å². The topological polar surface area (TPSA) is 86.1 Å². The van der Waals surface area contributed by atoms with Crippen molar-refractivity contribution < 1.29 is 14.3 Å². The van der Waals surface area contributed by atoms with Gasteiger partial charge in [0.25, 0.3) is 0 Å². The molecular formula is C18H22N4O3S2. The van der Waals surface area contributed by atoms with Gasteiger partial charge in [-0.3, -0.25) is 4.79 Å². The lowest BCUT2D eigenvalue weighted by Crippen LogP contribution is -2.14. The van der Waals surface area contributed by atoms with Crippen LogP contribution in [0.2, 0.25) is 0 Å². The van der Waals surface area contributed by atoms with E-state index in [0.29, 0.717) is 28.4 Å². The van der Waals surface area contributed by atoms with Gasteiger partial charge in [0.05, 0.1) is 17.4 Å². The molecule has 2 saturated carbocycles. The molecule has 0 aromatic carbocycles. The molecule has 2 aliphatic rings. The smallest absolute Gasteiger partial charge is 0.348 e. The Morgan fingerprint density at radius 1 is 1.33 bits per heavy atom. The van der Waals surface area contributed by atoms with E-state index in [9.17, 15) is 9.59 Å². The molecule has 0 bridgehead atoms. The lowest BCUT2D eigenvalue weighted by Gasteiger charge is -2.08. The largest absolute Gasteiger partial charge is 0.462 e. The number of ether oxygens (including phenoxy) is 1. The molecular weight excluding hydrogens is 384 g/mol. The second-order valence-electron chi connectivity index (χ2n) is 6.90. The molecule has 27 heavy (non-hydrogen) atoms. The van der Waals surface area contributed by atoms with Crippen LogP contribution in [0.4, 0.5) is 5.00 Å². The SMILES string of the molecule is CCOC(=O)c1sc(NC(=O)CSc2nnc(C3CC3)n2C2CC2)cc1C. The molecule has 2 heterocycles. The van der Waals surface area contributed by atoms with Crippen molar-refractivity contribution in [2.24, 2.45) is 0 Å². The molecule has 1 N–H and O–H groups in total. The molecule has 144 valence electrons. The van der Waals surface area contributed by atoms with Crippen LogP contribution in [0.15, 0.2) is 11.2 Å². The Kier molecular flexibility index (Phi) is 5.23. The van der Waals surface area contributed by atoms with Gasteiger partial charge in [-0.15, -0.1) is 21.5 Å². The summed E-state index contributed by atoms with van der Waals surface area (Å²) in [5.41, 5.74) is 0.809. The molecule has 0 saturated heterocycles. The molecule has 1 amide bonds. The predicted octanol–water partition coefficient (Wildman–Crippen LogP) is 3.77. The van der Waals surface area contributed by atoms with Crippen molar-refractivity contribution in [3.8, 4) is 0 Å². The van der Waals surface area contributed by atoms with Crippen molar-refractivity contribution in [1.82, 2.24) is 14.8 Å². The van der Waals surface area contributed by atoms with Gasteiger partial charge in [0.1, 0.15) is 10.7 Å². The van der Waals surface area contributed by atoms with Gasteiger partial charge in [0, 0.05) is 12.0 Å². The first-order valence-corrected chi connectivity index (χ1v) is 11.0. The van der Waals surface area contributed by atoms with Gasteiger partial charge in [-0.25, -0.2) is 4.79 Å². The highest BCUT2D eigenvalue weighted by Crippen LogP contribution is 2.46. The van der Waals surface area contributed by atoms with Gasteiger partial charge in [-0.05, 0) is 51.2 Å². The van der Waals surface area contributed by atoms with Crippen LogP contribution >= 0.6 is 23.1 Å². The standard InChI is InChI=1S/C18H22N4O3S2/c1-3-25-17(24)15-10(2)8-14(27-15)19-13(23)9-26-18-21-20-16(11-4-5-11)22(18)12-6-7-12/h8,11-12H,3-7,9H2,1-2H3,(H,19,23). The number of aryl methyl sites for hydroxylation is 1. The van der Waals surface area contributed by atoms with Crippen LogP contribution < -0.4 is 5.32 Å². The lowest BCUT2D eigenvalue weighted by atomic mass is 10.3. The number of carbonyl (C=O) groups is 2. The van der Waals surface area contributed by atoms with Gasteiger partial charge in [-0.2, -0.15) is 0 Å². The maximum absolute atomic E-state index is 12.4. The Hall–Kier alpha value is -1.87. The molecule has 2 aliphatic carbocycles. The molecule has 2 fully saturated rings. The molecule has 0 radical (unpaired) electrons. The number of hydrogen-bond acceptors (Lipinski definition) is 7. The number of thiophene rings is 1. The van der Waals surface area contributed by atoms with Crippen molar-refractivity contribution in [2.45, 2.75) is 56.6 Å². The number of nitrogens with zero attached hydrogens (tertiary/aromatic N) is 3. The maximum atomic E-state index is 12.4. The summed E-state index contributed by atoms with van der Waals surface area (Å²) < 4.78 is 7.28. The summed E-state index contributed by atoms with van der Waals surface area (Å²) in [6, 6.07) is 2.31. The Morgan fingerprint density at radius 2 is 2.11 bits per heavy atom. The van der Waals surface area contributed by atoms with E-state index in [2.05, 4.69) is 20.1 Å². The summed E-state index contributed by atoms with van der Waals surface area (Å²) in [4.78, 5) is 24.8. The minimum Gasteiger partial charge on any atom is -0.462 e. The number of esters is 1. The minimum absolute atomic E-state index is 0.116. The highest BCUT2D eigenvalue weighted by molar-refractivity contribution is 7.99. The summed E-state index contributed by atoms with van der Waals surface area (Å²) in [6.07, 6.45) is 4.72. The van der Waals surface area contributed by atoms with Crippen molar-refractivity contribution >= 4 is 40.0 Å². The van der Waals surface area contributed by atoms with Crippen LogP contribution in [0, 0.1) is 6.92 Å². The van der Waals surface area contributed by atoms with Crippen molar-refractivity contribution in [3.63, 3.8) is 0 Å². The van der Waals surface area contributed by atoms with Crippen LogP contribution in [0.25, 0.3) is 0 Å². The first kappa shape index (κ1) is 18.5. The van der Waals surface area contributed by atoms with Gasteiger partial charge < -0.3 is 14.6 Å². The van der Waals surface area contributed by atoms with Crippen molar-refractivity contribution in [2.75, 3.05) is 17.7 Å². The third-order valence-corrected chi connectivity index (χ3v) is 6.59. The number of rotatable bonds is 8. The monoisotopic (exact) mass is 406 g/mol. The van der Waals surface area contributed by atoms with Crippen LogP contribution in [-0.4, -0.2) is 39.0 Å². The molecule has 0 aliphatic heterocycles. The predicted molar refractivity (Wildman–Crippen MR) is 105 cm³/mol. The van der Waals surface area contributed by atoms with Gasteiger partial charge in [0.15, 0.2) is 5.16 Å². The zero-order chi connectivity index (χ0) is 19.0. The van der Waals surface area contributed by atoms with E-state index >= 15 is 0 Å². The zero-order valence-corrected chi connectivity index (χ0v) is 17.0. The second kappa shape index (κ2) is 7.63. The van der Waals surface area contributed by atoms with Crippen molar-refractivity contribution in [3.05, 3.63) is 22.3 Å². The van der Waals surface area contributed by atoms with E-state index in [1.54, 1.807) is 13.0 Å². The molecule has 7 nitrogen and oxygen atoms in total. The molecule has 0 atom stereocenters. The minimum atomic E-state index is -0.347. The Morgan fingerprint density at radius 3 is 2.78 bits per heavy atom. The molecule has 9 heteroatoms. The van der Waals surface area contributed by atoms with Gasteiger partial charge in [0.2, 0.25) is 5.91 Å². The van der Waals surface area contributed by atoms with Crippen LogP contribution in [0.3, 0.4) is 0 Å². The Balaban J connectivity index is 1.37. The third kappa shape index (κ3) is 4.19.